The van der Waals surface area contributed by atoms with Crippen molar-refractivity contribution in [3.05, 3.63) is 67.5 Å². The number of rotatable bonds is 3. The third-order valence-corrected chi connectivity index (χ3v) is 5.45. The first-order valence-corrected chi connectivity index (χ1v) is 9.08. The first-order chi connectivity index (χ1) is 12.1. The van der Waals surface area contributed by atoms with Crippen LogP contribution in [0.2, 0.25) is 0 Å². The van der Waals surface area contributed by atoms with Gasteiger partial charge in [-0.15, -0.1) is 11.3 Å². The van der Waals surface area contributed by atoms with Crippen LogP contribution in [-0.2, 0) is 19.5 Å². The SMILES string of the molecule is O=c1[nH]c(=S)[nH]c2c1CN(Cc1cnc(-c3ccc(F)cc3)s1)CC2. The van der Waals surface area contributed by atoms with Crippen LogP contribution in [0.3, 0.4) is 0 Å². The molecule has 128 valence electrons. The first kappa shape index (κ1) is 16.3. The molecule has 0 aliphatic carbocycles. The number of hydrogen-bond donors (Lipinski definition) is 2. The molecule has 4 rings (SSSR count). The van der Waals surface area contributed by atoms with Crippen molar-refractivity contribution in [1.29, 1.82) is 0 Å². The van der Waals surface area contributed by atoms with E-state index < -0.39 is 0 Å². The van der Waals surface area contributed by atoms with Crippen molar-refractivity contribution in [2.75, 3.05) is 6.54 Å². The number of fused-ring (bicyclic) bond motifs is 1. The van der Waals surface area contributed by atoms with E-state index in [9.17, 15) is 9.18 Å². The molecule has 0 bridgehead atoms. The summed E-state index contributed by atoms with van der Waals surface area (Å²) in [6.45, 7) is 2.17. The van der Waals surface area contributed by atoms with Crippen LogP contribution < -0.4 is 5.56 Å². The van der Waals surface area contributed by atoms with Gasteiger partial charge in [0.1, 0.15) is 10.8 Å². The zero-order valence-electron chi connectivity index (χ0n) is 13.2. The lowest BCUT2D eigenvalue weighted by Gasteiger charge is -2.27. The first-order valence-electron chi connectivity index (χ1n) is 7.86. The molecule has 1 aliphatic rings. The molecule has 25 heavy (non-hydrogen) atoms. The average molecular weight is 374 g/mol. The summed E-state index contributed by atoms with van der Waals surface area (Å²) in [7, 11) is 0. The molecule has 3 aromatic rings. The molecule has 0 saturated carbocycles. The summed E-state index contributed by atoms with van der Waals surface area (Å²) in [5.41, 5.74) is 2.48. The zero-order valence-corrected chi connectivity index (χ0v) is 14.8. The van der Waals surface area contributed by atoms with Crippen LogP contribution in [0.4, 0.5) is 4.39 Å². The summed E-state index contributed by atoms with van der Waals surface area (Å²) in [6.07, 6.45) is 2.62. The lowest BCUT2D eigenvalue weighted by Crippen LogP contribution is -2.35. The van der Waals surface area contributed by atoms with Crippen LogP contribution in [0.1, 0.15) is 16.1 Å². The summed E-state index contributed by atoms with van der Waals surface area (Å²) in [5.74, 6) is -0.253. The minimum Gasteiger partial charge on any atom is -0.335 e. The number of benzene rings is 1. The maximum Gasteiger partial charge on any atom is 0.256 e. The molecular formula is C17H15FN4OS2. The van der Waals surface area contributed by atoms with Gasteiger partial charge in [0, 0.05) is 48.4 Å². The van der Waals surface area contributed by atoms with Crippen molar-refractivity contribution in [2.24, 2.45) is 0 Å². The van der Waals surface area contributed by atoms with E-state index in [-0.39, 0.29) is 11.4 Å². The fourth-order valence-corrected chi connectivity index (χ4v) is 4.15. The van der Waals surface area contributed by atoms with E-state index in [1.165, 1.54) is 12.1 Å². The molecule has 0 amide bonds. The molecule has 0 unspecified atom stereocenters. The Balaban J connectivity index is 1.51. The molecule has 0 radical (unpaired) electrons. The molecule has 1 aliphatic heterocycles. The van der Waals surface area contributed by atoms with Gasteiger partial charge in [-0.2, -0.15) is 0 Å². The molecule has 0 spiro atoms. The highest BCUT2D eigenvalue weighted by Crippen LogP contribution is 2.27. The molecule has 0 atom stereocenters. The van der Waals surface area contributed by atoms with Crippen LogP contribution in [-0.4, -0.2) is 26.4 Å². The largest absolute Gasteiger partial charge is 0.335 e. The Kier molecular flexibility index (Phi) is 4.32. The Morgan fingerprint density at radius 2 is 2.08 bits per heavy atom. The van der Waals surface area contributed by atoms with Gasteiger partial charge in [0.15, 0.2) is 4.77 Å². The molecule has 8 heteroatoms. The molecule has 0 saturated heterocycles. The Bertz CT molecular complexity index is 1020. The maximum absolute atomic E-state index is 13.0. The Morgan fingerprint density at radius 3 is 2.88 bits per heavy atom. The van der Waals surface area contributed by atoms with Gasteiger partial charge in [-0.3, -0.25) is 14.7 Å². The van der Waals surface area contributed by atoms with Gasteiger partial charge in [0.05, 0.1) is 5.56 Å². The summed E-state index contributed by atoms with van der Waals surface area (Å²) in [5, 5.41) is 0.870. The third kappa shape index (κ3) is 3.46. The monoisotopic (exact) mass is 374 g/mol. The molecule has 3 heterocycles. The fourth-order valence-electron chi connectivity index (χ4n) is 2.97. The van der Waals surface area contributed by atoms with Gasteiger partial charge in [0.2, 0.25) is 0 Å². The van der Waals surface area contributed by atoms with E-state index >= 15 is 0 Å². The normalized spacial score (nSPS) is 14.4. The second-order valence-corrected chi connectivity index (χ2v) is 7.49. The summed E-state index contributed by atoms with van der Waals surface area (Å²) >= 11 is 6.61. The predicted octanol–water partition coefficient (Wildman–Crippen LogP) is 3.25. The Morgan fingerprint density at radius 1 is 1.28 bits per heavy atom. The van der Waals surface area contributed by atoms with E-state index in [1.54, 1.807) is 23.5 Å². The number of nitrogens with one attached hydrogen (secondary N) is 2. The highest BCUT2D eigenvalue weighted by atomic mass is 32.1. The number of H-pyrrole nitrogens is 2. The molecule has 5 nitrogen and oxygen atoms in total. The fraction of sp³-hybridized carbons (Fsp3) is 0.235. The standard InChI is InChI=1S/C17H15FN4OS2/c18-11-3-1-10(2-4-11)16-19-7-12(25-16)8-22-6-5-14-13(9-22)15(23)21-17(24)20-14/h1-4,7H,5-6,8-9H2,(H2,20,21,23,24). The van der Waals surface area contributed by atoms with Crippen molar-refractivity contribution >= 4 is 23.6 Å². The number of aromatic nitrogens is 3. The average Bonchev–Trinajstić information content (AvgIpc) is 3.04. The second-order valence-electron chi connectivity index (χ2n) is 5.96. The lowest BCUT2D eigenvalue weighted by molar-refractivity contribution is 0.243. The van der Waals surface area contributed by atoms with Crippen molar-refractivity contribution in [1.82, 2.24) is 19.9 Å². The molecule has 2 aromatic heterocycles. The van der Waals surface area contributed by atoms with E-state index in [0.717, 1.165) is 46.2 Å². The van der Waals surface area contributed by atoms with Crippen molar-refractivity contribution in [3.8, 4) is 10.6 Å². The summed E-state index contributed by atoms with van der Waals surface area (Å²) in [4.78, 5) is 25.6. The highest BCUT2D eigenvalue weighted by molar-refractivity contribution is 7.71. The van der Waals surface area contributed by atoms with Crippen LogP contribution in [0, 0.1) is 10.6 Å². The van der Waals surface area contributed by atoms with Crippen molar-refractivity contribution < 1.29 is 4.39 Å². The predicted molar refractivity (Wildman–Crippen MR) is 97.6 cm³/mol. The van der Waals surface area contributed by atoms with Crippen LogP contribution in [0.15, 0.2) is 35.3 Å². The summed E-state index contributed by atoms with van der Waals surface area (Å²) < 4.78 is 13.4. The number of thiazole rings is 1. The Labute approximate surface area is 152 Å². The van der Waals surface area contributed by atoms with Gasteiger partial charge >= 0.3 is 0 Å². The van der Waals surface area contributed by atoms with Crippen molar-refractivity contribution in [3.63, 3.8) is 0 Å². The maximum atomic E-state index is 13.0. The Hall–Kier alpha value is -2.16. The molecule has 2 N–H and O–H groups in total. The summed E-state index contributed by atoms with van der Waals surface area (Å²) in [6, 6.07) is 6.34. The van der Waals surface area contributed by atoms with Crippen LogP contribution in [0.25, 0.3) is 10.6 Å². The zero-order chi connectivity index (χ0) is 17.4. The molecular weight excluding hydrogens is 359 g/mol. The van der Waals surface area contributed by atoms with E-state index in [1.807, 2.05) is 6.20 Å². The third-order valence-electron chi connectivity index (χ3n) is 4.21. The minimum atomic E-state index is -0.253. The smallest absolute Gasteiger partial charge is 0.256 e. The topological polar surface area (TPSA) is 64.8 Å². The van der Waals surface area contributed by atoms with Crippen LogP contribution in [0.5, 0.6) is 0 Å². The number of halogens is 1. The number of nitrogens with zero attached hydrogens (tertiary/aromatic N) is 2. The second kappa shape index (κ2) is 6.62. The van der Waals surface area contributed by atoms with Crippen LogP contribution >= 0.6 is 23.6 Å². The number of aromatic amines is 2. The van der Waals surface area contributed by atoms with E-state index in [4.69, 9.17) is 12.2 Å². The quantitative estimate of drug-likeness (QED) is 0.691. The highest BCUT2D eigenvalue weighted by Gasteiger charge is 2.20. The van der Waals surface area contributed by atoms with E-state index in [0.29, 0.717) is 11.3 Å². The van der Waals surface area contributed by atoms with Crippen molar-refractivity contribution in [2.45, 2.75) is 19.5 Å². The van der Waals surface area contributed by atoms with Gasteiger partial charge in [-0.05, 0) is 36.5 Å². The van der Waals surface area contributed by atoms with E-state index in [2.05, 4.69) is 19.9 Å². The molecule has 1 aromatic carbocycles. The van der Waals surface area contributed by atoms with Gasteiger partial charge in [0.25, 0.3) is 5.56 Å². The lowest BCUT2D eigenvalue weighted by atomic mass is 10.1. The van der Waals surface area contributed by atoms with Gasteiger partial charge in [-0.1, -0.05) is 0 Å². The van der Waals surface area contributed by atoms with Gasteiger partial charge < -0.3 is 4.98 Å². The molecule has 0 fully saturated rings. The number of hydrogen-bond acceptors (Lipinski definition) is 5. The minimum absolute atomic E-state index is 0.111. The van der Waals surface area contributed by atoms with Gasteiger partial charge in [-0.25, -0.2) is 9.37 Å².